The second-order valence-electron chi connectivity index (χ2n) is 8.68. The Bertz CT molecular complexity index is 1120. The molecule has 7 nitrogen and oxygen atoms in total. The summed E-state index contributed by atoms with van der Waals surface area (Å²) in [5, 5.41) is 15.1. The van der Waals surface area contributed by atoms with Gasteiger partial charge in [-0.05, 0) is 45.0 Å². The zero-order valence-electron chi connectivity index (χ0n) is 18.1. The van der Waals surface area contributed by atoms with Crippen LogP contribution in [0.4, 0.5) is 5.13 Å². The highest BCUT2D eigenvalue weighted by molar-refractivity contribution is 7.22. The van der Waals surface area contributed by atoms with Crippen LogP contribution in [0.5, 0.6) is 11.5 Å². The van der Waals surface area contributed by atoms with Crippen LogP contribution in [0.25, 0.3) is 10.2 Å². The zero-order chi connectivity index (χ0) is 22.4. The average molecular weight is 443 g/mol. The third-order valence-electron chi connectivity index (χ3n) is 5.02. The molecule has 0 aliphatic carbocycles. The number of para-hydroxylation sites is 1. The number of carbonyl (C=O) groups excluding carboxylic acids is 1. The summed E-state index contributed by atoms with van der Waals surface area (Å²) >= 11 is 1.45. The second-order valence-corrected chi connectivity index (χ2v) is 9.71. The molecule has 1 aliphatic rings. The molecule has 0 spiro atoms. The number of nitrogens with zero attached hydrogens (tertiary/aromatic N) is 1. The van der Waals surface area contributed by atoms with E-state index in [9.17, 15) is 9.90 Å². The predicted octanol–water partition coefficient (Wildman–Crippen LogP) is 4.52. The van der Waals surface area contributed by atoms with Crippen LogP contribution < -0.4 is 14.8 Å². The Kier molecular flexibility index (Phi) is 5.31. The molecule has 3 aromatic rings. The van der Waals surface area contributed by atoms with Crippen LogP contribution in [0, 0.1) is 5.92 Å². The highest BCUT2D eigenvalue weighted by atomic mass is 32.1. The number of hydrogen-bond acceptors (Lipinski definition) is 8. The van der Waals surface area contributed by atoms with Crippen molar-refractivity contribution in [1.82, 2.24) is 4.98 Å². The van der Waals surface area contributed by atoms with Crippen LogP contribution >= 0.6 is 11.3 Å². The first kappa shape index (κ1) is 21.4. The van der Waals surface area contributed by atoms with Crippen molar-refractivity contribution in [2.24, 2.45) is 5.92 Å². The number of aromatic nitrogens is 1. The number of anilines is 1. The summed E-state index contributed by atoms with van der Waals surface area (Å²) in [5.74, 6) is -2.08. The monoisotopic (exact) mass is 442 g/mol. The maximum absolute atomic E-state index is 13.2. The van der Waals surface area contributed by atoms with Crippen LogP contribution in [-0.2, 0) is 9.53 Å². The fourth-order valence-electron chi connectivity index (χ4n) is 3.71. The van der Waals surface area contributed by atoms with Crippen molar-refractivity contribution >= 4 is 32.7 Å². The molecular formula is C23H26N2O5S. The van der Waals surface area contributed by atoms with Gasteiger partial charge in [-0.25, -0.2) is 4.98 Å². The minimum atomic E-state index is -1.77. The van der Waals surface area contributed by atoms with E-state index in [1.165, 1.54) is 18.3 Å². The Hall–Kier alpha value is -2.84. The van der Waals surface area contributed by atoms with Gasteiger partial charge in [0.15, 0.2) is 5.13 Å². The molecule has 0 bridgehead atoms. The number of nitrogens with one attached hydrogen (secondary N) is 1. The smallest absolute Gasteiger partial charge is 0.318 e. The van der Waals surface area contributed by atoms with Crippen molar-refractivity contribution in [3.63, 3.8) is 0 Å². The van der Waals surface area contributed by atoms with Crippen molar-refractivity contribution < 1.29 is 24.1 Å². The molecule has 2 heterocycles. The Morgan fingerprint density at radius 1 is 1.26 bits per heavy atom. The van der Waals surface area contributed by atoms with E-state index < -0.39 is 29.3 Å². The van der Waals surface area contributed by atoms with E-state index in [0.717, 1.165) is 21.5 Å². The highest BCUT2D eigenvalue weighted by Gasteiger charge is 2.52. The van der Waals surface area contributed by atoms with E-state index in [1.54, 1.807) is 33.9 Å². The standard InChI is InChI=1S/C23H26N2O5S/c1-22(2,3)30-20(26)18-19(14-8-6-7-9-16(14)29-23(18,4)27)25-21-24-15-11-10-13(28-5)12-17(15)31-21/h6-12,18-19,27H,1-5H3,(H,24,25)/t18-,19-,23-/m1/s1. The van der Waals surface area contributed by atoms with E-state index in [2.05, 4.69) is 10.3 Å². The van der Waals surface area contributed by atoms with Crippen molar-refractivity contribution in [2.45, 2.75) is 45.1 Å². The number of methoxy groups -OCH3 is 1. The summed E-state index contributed by atoms with van der Waals surface area (Å²) in [7, 11) is 1.62. The minimum Gasteiger partial charge on any atom is -0.497 e. The zero-order valence-corrected chi connectivity index (χ0v) is 18.9. The number of thiazole rings is 1. The third kappa shape index (κ3) is 4.31. The van der Waals surface area contributed by atoms with Gasteiger partial charge in [-0.15, -0.1) is 0 Å². The molecule has 0 amide bonds. The summed E-state index contributed by atoms with van der Waals surface area (Å²) in [6, 6.07) is 12.4. The number of benzene rings is 2. The topological polar surface area (TPSA) is 89.9 Å². The molecule has 164 valence electrons. The lowest BCUT2D eigenvalue weighted by Gasteiger charge is -2.42. The summed E-state index contributed by atoms with van der Waals surface area (Å²) in [6.45, 7) is 6.86. The number of ether oxygens (including phenoxy) is 3. The summed E-state index contributed by atoms with van der Waals surface area (Å²) in [4.78, 5) is 17.8. The summed E-state index contributed by atoms with van der Waals surface area (Å²) in [6.07, 6.45) is 0. The molecule has 2 aromatic carbocycles. The quantitative estimate of drug-likeness (QED) is 0.574. The molecule has 4 rings (SSSR count). The number of carbonyl (C=O) groups is 1. The molecule has 1 aliphatic heterocycles. The van der Waals surface area contributed by atoms with Crippen LogP contribution in [0.2, 0.25) is 0 Å². The molecule has 1 aromatic heterocycles. The van der Waals surface area contributed by atoms with Gasteiger partial charge in [0.25, 0.3) is 0 Å². The fourth-order valence-corrected chi connectivity index (χ4v) is 4.64. The van der Waals surface area contributed by atoms with E-state index >= 15 is 0 Å². The van der Waals surface area contributed by atoms with Crippen molar-refractivity contribution in [3.05, 3.63) is 48.0 Å². The van der Waals surface area contributed by atoms with E-state index in [0.29, 0.717) is 10.9 Å². The van der Waals surface area contributed by atoms with Gasteiger partial charge >= 0.3 is 5.97 Å². The molecule has 0 saturated carbocycles. The van der Waals surface area contributed by atoms with Gasteiger partial charge in [0.05, 0.1) is 23.4 Å². The van der Waals surface area contributed by atoms with Crippen molar-refractivity contribution in [3.8, 4) is 11.5 Å². The lowest BCUT2D eigenvalue weighted by molar-refractivity contribution is -0.206. The number of fused-ring (bicyclic) bond motifs is 2. The number of hydrogen-bond donors (Lipinski definition) is 2. The van der Waals surface area contributed by atoms with Gasteiger partial charge in [-0.3, -0.25) is 4.79 Å². The highest BCUT2D eigenvalue weighted by Crippen LogP contribution is 2.46. The predicted molar refractivity (Wildman–Crippen MR) is 120 cm³/mol. The first-order chi connectivity index (χ1) is 14.6. The minimum absolute atomic E-state index is 0.507. The van der Waals surface area contributed by atoms with Crippen LogP contribution in [0.1, 0.15) is 39.3 Å². The van der Waals surface area contributed by atoms with Gasteiger partial charge in [-0.1, -0.05) is 29.5 Å². The first-order valence-electron chi connectivity index (χ1n) is 10.0. The Morgan fingerprint density at radius 2 is 2.00 bits per heavy atom. The molecular weight excluding hydrogens is 416 g/mol. The maximum atomic E-state index is 13.2. The number of aliphatic hydroxyl groups is 1. The molecule has 0 saturated heterocycles. The Morgan fingerprint density at radius 3 is 2.71 bits per heavy atom. The largest absolute Gasteiger partial charge is 0.497 e. The van der Waals surface area contributed by atoms with Gasteiger partial charge in [0.2, 0.25) is 5.79 Å². The van der Waals surface area contributed by atoms with Gasteiger partial charge in [0, 0.05) is 12.5 Å². The van der Waals surface area contributed by atoms with Gasteiger partial charge in [-0.2, -0.15) is 0 Å². The van der Waals surface area contributed by atoms with Crippen molar-refractivity contribution in [1.29, 1.82) is 0 Å². The average Bonchev–Trinajstić information content (AvgIpc) is 3.07. The van der Waals surface area contributed by atoms with E-state index in [4.69, 9.17) is 14.2 Å². The lowest BCUT2D eigenvalue weighted by atomic mass is 9.83. The molecule has 0 unspecified atom stereocenters. The Balaban J connectivity index is 1.76. The summed E-state index contributed by atoms with van der Waals surface area (Å²) in [5.41, 5.74) is 0.858. The molecule has 0 radical (unpaired) electrons. The first-order valence-corrected chi connectivity index (χ1v) is 10.8. The lowest BCUT2D eigenvalue weighted by Crippen LogP contribution is -2.53. The normalized spacial score (nSPS) is 23.0. The fraction of sp³-hybridized carbons (Fsp3) is 0.391. The van der Waals surface area contributed by atoms with Crippen LogP contribution in [0.3, 0.4) is 0 Å². The third-order valence-corrected chi connectivity index (χ3v) is 5.97. The van der Waals surface area contributed by atoms with E-state index in [1.807, 2.05) is 36.4 Å². The molecule has 0 fully saturated rings. The van der Waals surface area contributed by atoms with Gasteiger partial charge < -0.3 is 24.6 Å². The number of rotatable bonds is 4. The van der Waals surface area contributed by atoms with Crippen molar-refractivity contribution in [2.75, 3.05) is 12.4 Å². The maximum Gasteiger partial charge on any atom is 0.318 e. The summed E-state index contributed by atoms with van der Waals surface area (Å²) < 4.78 is 17.7. The SMILES string of the molecule is COc1ccc2nc(N[C@@H]3c4ccccc4O[C@@](C)(O)[C@H]3C(=O)OC(C)(C)C)sc2c1. The second kappa shape index (κ2) is 7.69. The molecule has 31 heavy (non-hydrogen) atoms. The molecule has 8 heteroatoms. The van der Waals surface area contributed by atoms with Crippen LogP contribution in [0.15, 0.2) is 42.5 Å². The van der Waals surface area contributed by atoms with E-state index in [-0.39, 0.29) is 0 Å². The molecule has 3 atom stereocenters. The molecule has 2 N–H and O–H groups in total. The van der Waals surface area contributed by atoms with Crippen LogP contribution in [-0.4, -0.2) is 34.6 Å². The van der Waals surface area contributed by atoms with Gasteiger partial charge in [0.1, 0.15) is 23.0 Å². The Labute approximate surface area is 185 Å². The number of esters is 1.